The number of rotatable bonds is 4. The Bertz CT molecular complexity index is 217. The van der Waals surface area contributed by atoms with Crippen LogP contribution in [0, 0.1) is 16.7 Å². The highest BCUT2D eigenvalue weighted by Gasteiger charge is 2.45. The topological polar surface area (TPSA) is 46.5 Å². The molecule has 0 radical (unpaired) electrons. The van der Waals surface area contributed by atoms with Gasteiger partial charge in [-0.15, -0.1) is 0 Å². The molecule has 0 amide bonds. The molecule has 15 heavy (non-hydrogen) atoms. The fourth-order valence-electron chi connectivity index (χ4n) is 2.66. The number of hydrogen-bond donors (Lipinski definition) is 1. The van der Waals surface area contributed by atoms with Crippen LogP contribution in [0.4, 0.5) is 0 Å². The summed E-state index contributed by atoms with van der Waals surface area (Å²) in [6, 6.07) is 0. The van der Waals surface area contributed by atoms with Gasteiger partial charge >= 0.3 is 5.97 Å². The first kappa shape index (κ1) is 14.4. The Morgan fingerprint density at radius 1 is 1.27 bits per heavy atom. The van der Waals surface area contributed by atoms with Crippen molar-refractivity contribution >= 4 is 5.97 Å². The molecule has 0 bridgehead atoms. The van der Waals surface area contributed by atoms with E-state index in [4.69, 9.17) is 5.26 Å². The molecule has 1 N–H and O–H groups in total. The molecule has 3 heteroatoms. The van der Waals surface area contributed by atoms with E-state index >= 15 is 0 Å². The predicted octanol–water partition coefficient (Wildman–Crippen LogP) is 3.49. The van der Waals surface area contributed by atoms with Crippen LogP contribution in [-0.4, -0.2) is 11.2 Å². The second-order valence-electron chi connectivity index (χ2n) is 5.48. The van der Waals surface area contributed by atoms with Crippen LogP contribution in [0.1, 0.15) is 54.4 Å². The van der Waals surface area contributed by atoms with Gasteiger partial charge in [0.15, 0.2) is 0 Å². The van der Waals surface area contributed by atoms with Gasteiger partial charge < -0.3 is 4.89 Å². The summed E-state index contributed by atoms with van der Waals surface area (Å²) >= 11 is 0. The third kappa shape index (κ3) is 2.94. The minimum Gasteiger partial charge on any atom is -0.300 e. The SMILES string of the molecule is CCC(C(C)(C)C)C(C)(CC)C(=O)OO. The van der Waals surface area contributed by atoms with Gasteiger partial charge in [-0.3, -0.25) is 0 Å². The Kier molecular flexibility index (Phi) is 4.78. The first-order chi connectivity index (χ1) is 6.73. The summed E-state index contributed by atoms with van der Waals surface area (Å²) in [6.07, 6.45) is 1.56. The van der Waals surface area contributed by atoms with Gasteiger partial charge in [-0.1, -0.05) is 41.0 Å². The van der Waals surface area contributed by atoms with Crippen LogP contribution in [0.5, 0.6) is 0 Å². The molecule has 0 spiro atoms. The molecule has 90 valence electrons. The van der Waals surface area contributed by atoms with Gasteiger partial charge in [0.05, 0.1) is 5.41 Å². The van der Waals surface area contributed by atoms with Crippen molar-refractivity contribution in [3.05, 3.63) is 0 Å². The summed E-state index contributed by atoms with van der Waals surface area (Å²) in [5.74, 6) is -0.332. The van der Waals surface area contributed by atoms with Gasteiger partial charge in [0.25, 0.3) is 0 Å². The Balaban J connectivity index is 5.15. The van der Waals surface area contributed by atoms with Crippen molar-refractivity contribution in [3.8, 4) is 0 Å². The smallest absolute Gasteiger partial charge is 0.300 e. The number of carbonyl (C=O) groups excluding carboxylic acids is 1. The van der Waals surface area contributed by atoms with Crippen LogP contribution in [0.3, 0.4) is 0 Å². The van der Waals surface area contributed by atoms with E-state index in [0.29, 0.717) is 6.42 Å². The second kappa shape index (κ2) is 4.97. The highest BCUT2D eigenvalue weighted by atomic mass is 17.1. The molecule has 0 rings (SSSR count). The van der Waals surface area contributed by atoms with Crippen molar-refractivity contribution in [1.29, 1.82) is 0 Å². The highest BCUT2D eigenvalue weighted by molar-refractivity contribution is 5.76. The highest BCUT2D eigenvalue weighted by Crippen LogP contribution is 2.45. The Labute approximate surface area is 92.8 Å². The molecule has 0 aliphatic carbocycles. The lowest BCUT2D eigenvalue weighted by atomic mass is 9.62. The standard InChI is InChI=1S/C12H24O3/c1-7-9(11(3,4)5)12(6,8-2)10(13)15-14/h9,14H,7-8H2,1-6H3. The van der Waals surface area contributed by atoms with Crippen LogP contribution in [0.25, 0.3) is 0 Å². The van der Waals surface area contributed by atoms with Crippen LogP contribution < -0.4 is 0 Å². The molecular weight excluding hydrogens is 192 g/mol. The van der Waals surface area contributed by atoms with Crippen LogP contribution >= 0.6 is 0 Å². The van der Waals surface area contributed by atoms with Gasteiger partial charge in [-0.2, -0.15) is 5.26 Å². The Morgan fingerprint density at radius 2 is 1.73 bits per heavy atom. The first-order valence-corrected chi connectivity index (χ1v) is 5.59. The molecule has 0 aromatic rings. The molecule has 0 aliphatic rings. The molecule has 2 atom stereocenters. The third-order valence-corrected chi connectivity index (χ3v) is 3.51. The maximum Gasteiger partial charge on any atom is 0.348 e. The molecule has 0 aromatic heterocycles. The molecule has 0 fully saturated rings. The minimum absolute atomic E-state index is 0.0215. The second-order valence-corrected chi connectivity index (χ2v) is 5.48. The fourth-order valence-corrected chi connectivity index (χ4v) is 2.66. The molecule has 0 aliphatic heterocycles. The third-order valence-electron chi connectivity index (χ3n) is 3.51. The van der Waals surface area contributed by atoms with Crippen molar-refractivity contribution in [2.45, 2.75) is 54.4 Å². The summed E-state index contributed by atoms with van der Waals surface area (Å²) in [7, 11) is 0. The minimum atomic E-state index is -0.609. The lowest BCUT2D eigenvalue weighted by Gasteiger charge is -2.41. The number of carbonyl (C=O) groups is 1. The van der Waals surface area contributed by atoms with Crippen molar-refractivity contribution in [2.75, 3.05) is 0 Å². The molecular formula is C12H24O3. The summed E-state index contributed by atoms with van der Waals surface area (Å²) < 4.78 is 0. The summed E-state index contributed by atoms with van der Waals surface area (Å²) in [4.78, 5) is 15.6. The largest absolute Gasteiger partial charge is 0.348 e. The zero-order valence-corrected chi connectivity index (χ0v) is 10.8. The van der Waals surface area contributed by atoms with Crippen molar-refractivity contribution in [1.82, 2.24) is 0 Å². The predicted molar refractivity (Wildman–Crippen MR) is 60.4 cm³/mol. The van der Waals surface area contributed by atoms with E-state index in [1.54, 1.807) is 0 Å². The average Bonchev–Trinajstić information content (AvgIpc) is 2.14. The van der Waals surface area contributed by atoms with Crippen LogP contribution in [-0.2, 0) is 9.68 Å². The lowest BCUT2D eigenvalue weighted by molar-refractivity contribution is -0.249. The lowest BCUT2D eigenvalue weighted by Crippen LogP contribution is -2.42. The summed E-state index contributed by atoms with van der Waals surface area (Å²) in [6.45, 7) is 12.2. The van der Waals surface area contributed by atoms with Crippen molar-refractivity contribution < 1.29 is 14.9 Å². The summed E-state index contributed by atoms with van der Waals surface area (Å²) in [5, 5.41) is 8.56. The fraction of sp³-hybridized carbons (Fsp3) is 0.917. The van der Waals surface area contributed by atoms with E-state index in [2.05, 4.69) is 32.6 Å². The Morgan fingerprint density at radius 3 is 1.93 bits per heavy atom. The summed E-state index contributed by atoms with van der Waals surface area (Å²) in [5.41, 5.74) is -0.588. The van der Waals surface area contributed by atoms with Crippen LogP contribution in [0.15, 0.2) is 0 Å². The molecule has 3 nitrogen and oxygen atoms in total. The zero-order chi connectivity index (χ0) is 12.3. The maximum absolute atomic E-state index is 11.6. The number of hydrogen-bond acceptors (Lipinski definition) is 3. The van der Waals surface area contributed by atoms with E-state index in [1.807, 2.05) is 13.8 Å². The zero-order valence-electron chi connectivity index (χ0n) is 10.8. The van der Waals surface area contributed by atoms with Gasteiger partial charge in [0.2, 0.25) is 0 Å². The van der Waals surface area contributed by atoms with Crippen molar-refractivity contribution in [3.63, 3.8) is 0 Å². The van der Waals surface area contributed by atoms with Crippen molar-refractivity contribution in [2.24, 2.45) is 16.7 Å². The van der Waals surface area contributed by atoms with E-state index in [9.17, 15) is 4.79 Å². The van der Waals surface area contributed by atoms with Gasteiger partial charge in [0.1, 0.15) is 0 Å². The molecule has 0 saturated heterocycles. The average molecular weight is 216 g/mol. The van der Waals surface area contributed by atoms with Crippen LogP contribution in [0.2, 0.25) is 0 Å². The molecule has 2 unspecified atom stereocenters. The quantitative estimate of drug-likeness (QED) is 0.578. The van der Waals surface area contributed by atoms with Gasteiger partial charge in [-0.25, -0.2) is 4.79 Å². The molecule has 0 saturated carbocycles. The molecule has 0 heterocycles. The monoisotopic (exact) mass is 216 g/mol. The van der Waals surface area contributed by atoms with E-state index in [-0.39, 0.29) is 11.3 Å². The van der Waals surface area contributed by atoms with Gasteiger partial charge in [0, 0.05) is 0 Å². The molecule has 0 aromatic carbocycles. The normalized spacial score (nSPS) is 18.1. The van der Waals surface area contributed by atoms with E-state index < -0.39 is 11.4 Å². The first-order valence-electron chi connectivity index (χ1n) is 5.59. The Hall–Kier alpha value is -0.570. The van der Waals surface area contributed by atoms with E-state index in [0.717, 1.165) is 6.42 Å². The van der Waals surface area contributed by atoms with E-state index in [1.165, 1.54) is 0 Å². The maximum atomic E-state index is 11.6. The van der Waals surface area contributed by atoms with Gasteiger partial charge in [-0.05, 0) is 24.7 Å².